The van der Waals surface area contributed by atoms with Gasteiger partial charge < -0.3 is 9.88 Å². The molecule has 0 spiro atoms. The minimum absolute atomic E-state index is 0.0895. The van der Waals surface area contributed by atoms with Gasteiger partial charge in [-0.05, 0) is 50.2 Å². The zero-order valence-electron chi connectivity index (χ0n) is 21.3. The summed E-state index contributed by atoms with van der Waals surface area (Å²) in [6, 6.07) is 32.7. The second kappa shape index (κ2) is 10.2. The number of aromatic nitrogens is 4. The average molecular weight is 518 g/mol. The second-order valence-electron chi connectivity index (χ2n) is 9.17. The predicted molar refractivity (Wildman–Crippen MR) is 156 cm³/mol. The van der Waals surface area contributed by atoms with Crippen LogP contribution in [0.5, 0.6) is 0 Å². The molecule has 0 aliphatic carbocycles. The number of hydrogen-bond acceptors (Lipinski definition) is 4. The number of nitrogens with one attached hydrogen (secondary N) is 1. The minimum Gasteiger partial charge on any atom is -0.341 e. The molecule has 7 heteroatoms. The van der Waals surface area contributed by atoms with Crippen molar-refractivity contribution in [2.45, 2.75) is 25.5 Å². The molecule has 188 valence electrons. The third kappa shape index (κ3) is 4.46. The lowest BCUT2D eigenvalue weighted by atomic mass is 10.1. The van der Waals surface area contributed by atoms with Crippen molar-refractivity contribution in [3.05, 3.63) is 103 Å². The number of nitrogens with zero attached hydrogens (tertiary/aromatic N) is 4. The highest BCUT2D eigenvalue weighted by Gasteiger charge is 2.18. The zero-order valence-corrected chi connectivity index (χ0v) is 22.1. The number of carbonyl (C=O) groups excluding carboxylic acids is 1. The summed E-state index contributed by atoms with van der Waals surface area (Å²) in [5.41, 5.74) is 6.26. The normalized spacial score (nSPS) is 11.3. The molecule has 0 bridgehead atoms. The van der Waals surface area contributed by atoms with E-state index in [2.05, 4.69) is 94.6 Å². The molecule has 1 N–H and O–H groups in total. The molecule has 6 aromatic rings. The molecular formula is C31H27N5OS. The number of benzene rings is 4. The first-order valence-corrected chi connectivity index (χ1v) is 13.6. The van der Waals surface area contributed by atoms with Crippen LogP contribution in [-0.2, 0) is 11.3 Å². The van der Waals surface area contributed by atoms with E-state index in [1.807, 2.05) is 41.0 Å². The van der Waals surface area contributed by atoms with E-state index in [-0.39, 0.29) is 11.7 Å². The van der Waals surface area contributed by atoms with Gasteiger partial charge in [0.15, 0.2) is 11.0 Å². The Morgan fingerprint density at radius 3 is 2.37 bits per heavy atom. The first-order valence-electron chi connectivity index (χ1n) is 12.6. The van der Waals surface area contributed by atoms with Crippen molar-refractivity contribution < 1.29 is 4.79 Å². The van der Waals surface area contributed by atoms with E-state index in [0.29, 0.717) is 5.16 Å². The zero-order chi connectivity index (χ0) is 26.1. The molecule has 4 aromatic carbocycles. The summed E-state index contributed by atoms with van der Waals surface area (Å²) < 4.78 is 4.31. The molecule has 38 heavy (non-hydrogen) atoms. The van der Waals surface area contributed by atoms with Crippen LogP contribution in [0.1, 0.15) is 12.5 Å². The molecule has 0 aliphatic heterocycles. The highest BCUT2D eigenvalue weighted by Crippen LogP contribution is 2.32. The highest BCUT2D eigenvalue weighted by atomic mass is 32.2. The van der Waals surface area contributed by atoms with E-state index >= 15 is 0 Å². The second-order valence-corrected chi connectivity index (χ2v) is 10.1. The van der Waals surface area contributed by atoms with Crippen molar-refractivity contribution in [1.29, 1.82) is 0 Å². The lowest BCUT2D eigenvalue weighted by Crippen LogP contribution is -2.14. The van der Waals surface area contributed by atoms with Gasteiger partial charge in [-0.25, -0.2) is 0 Å². The fraction of sp³-hybridized carbons (Fsp3) is 0.129. The molecule has 0 saturated carbocycles. The van der Waals surface area contributed by atoms with Crippen molar-refractivity contribution in [1.82, 2.24) is 19.3 Å². The van der Waals surface area contributed by atoms with Gasteiger partial charge in [-0.15, -0.1) is 10.2 Å². The summed E-state index contributed by atoms with van der Waals surface area (Å²) in [5, 5.41) is 15.0. The van der Waals surface area contributed by atoms with Gasteiger partial charge in [-0.3, -0.25) is 9.36 Å². The van der Waals surface area contributed by atoms with Crippen LogP contribution in [0.15, 0.2) is 102 Å². The van der Waals surface area contributed by atoms with Crippen molar-refractivity contribution in [3.8, 4) is 17.1 Å². The molecule has 0 unspecified atom stereocenters. The van der Waals surface area contributed by atoms with Gasteiger partial charge in [-0.1, -0.05) is 78.0 Å². The van der Waals surface area contributed by atoms with E-state index in [4.69, 9.17) is 0 Å². The first kappa shape index (κ1) is 24.0. The summed E-state index contributed by atoms with van der Waals surface area (Å²) in [6.07, 6.45) is 0. The number of thioether (sulfide) groups is 1. The standard InChI is InChI=1S/C31H27N5OS/c1-3-35-27-12-8-7-11-25(27)26-19-23(15-18-28(26)35)32-29(37)20-38-31-34-33-30(22-9-5-4-6-10-22)36(31)24-16-13-21(2)14-17-24/h4-19H,3,20H2,1-2H3,(H,32,37). The fourth-order valence-electron chi connectivity index (χ4n) is 4.86. The van der Waals surface area contributed by atoms with Crippen molar-refractivity contribution >= 4 is 45.2 Å². The number of amides is 1. The monoisotopic (exact) mass is 517 g/mol. The van der Waals surface area contributed by atoms with Crippen LogP contribution < -0.4 is 5.32 Å². The van der Waals surface area contributed by atoms with Gasteiger partial charge in [0, 0.05) is 45.3 Å². The summed E-state index contributed by atoms with van der Waals surface area (Å²) in [5.74, 6) is 0.872. The third-order valence-corrected chi connectivity index (χ3v) is 7.59. The number of aryl methyl sites for hydroxylation is 2. The van der Waals surface area contributed by atoms with Crippen LogP contribution >= 0.6 is 11.8 Å². The summed E-state index contributed by atoms with van der Waals surface area (Å²) in [7, 11) is 0. The average Bonchev–Trinajstić information content (AvgIpc) is 3.52. The molecule has 0 aliphatic rings. The number of para-hydroxylation sites is 1. The van der Waals surface area contributed by atoms with Gasteiger partial charge in [0.1, 0.15) is 0 Å². The van der Waals surface area contributed by atoms with E-state index < -0.39 is 0 Å². The number of fused-ring (bicyclic) bond motifs is 3. The Hall–Kier alpha value is -4.36. The number of carbonyl (C=O) groups is 1. The molecule has 6 rings (SSSR count). The summed E-state index contributed by atoms with van der Waals surface area (Å²) in [4.78, 5) is 13.0. The van der Waals surface area contributed by atoms with Crippen LogP contribution in [0.3, 0.4) is 0 Å². The van der Waals surface area contributed by atoms with Crippen LogP contribution in [0.4, 0.5) is 5.69 Å². The molecular weight excluding hydrogens is 490 g/mol. The van der Waals surface area contributed by atoms with Crippen molar-refractivity contribution in [2.24, 2.45) is 0 Å². The molecule has 0 atom stereocenters. The van der Waals surface area contributed by atoms with Gasteiger partial charge in [0.2, 0.25) is 5.91 Å². The predicted octanol–water partition coefficient (Wildman–Crippen LogP) is 7.10. The smallest absolute Gasteiger partial charge is 0.234 e. The maximum absolute atomic E-state index is 13.0. The van der Waals surface area contributed by atoms with E-state index in [1.165, 1.54) is 33.7 Å². The van der Waals surface area contributed by atoms with Crippen LogP contribution in [0.2, 0.25) is 0 Å². The summed E-state index contributed by atoms with van der Waals surface area (Å²) in [6.45, 7) is 5.10. The Kier molecular flexibility index (Phi) is 6.43. The molecule has 1 amide bonds. The van der Waals surface area contributed by atoms with Gasteiger partial charge in [0.25, 0.3) is 0 Å². The van der Waals surface area contributed by atoms with Crippen molar-refractivity contribution in [3.63, 3.8) is 0 Å². The number of hydrogen-bond donors (Lipinski definition) is 1. The van der Waals surface area contributed by atoms with Gasteiger partial charge >= 0.3 is 0 Å². The Bertz CT molecular complexity index is 1750. The highest BCUT2D eigenvalue weighted by molar-refractivity contribution is 7.99. The van der Waals surface area contributed by atoms with E-state index in [0.717, 1.165) is 34.7 Å². The molecule has 6 nitrogen and oxygen atoms in total. The number of rotatable bonds is 7. The largest absolute Gasteiger partial charge is 0.341 e. The van der Waals surface area contributed by atoms with Crippen LogP contribution in [0, 0.1) is 6.92 Å². The van der Waals surface area contributed by atoms with Gasteiger partial charge in [-0.2, -0.15) is 0 Å². The number of anilines is 1. The third-order valence-electron chi connectivity index (χ3n) is 6.66. The minimum atomic E-state index is -0.0895. The molecule has 2 heterocycles. The van der Waals surface area contributed by atoms with Crippen LogP contribution in [0.25, 0.3) is 38.9 Å². The Morgan fingerprint density at radius 1 is 0.842 bits per heavy atom. The van der Waals surface area contributed by atoms with Crippen molar-refractivity contribution in [2.75, 3.05) is 11.1 Å². The Balaban J connectivity index is 1.25. The summed E-state index contributed by atoms with van der Waals surface area (Å²) >= 11 is 1.38. The molecule has 0 radical (unpaired) electrons. The Labute approximate surface area is 225 Å². The Morgan fingerprint density at radius 2 is 1.58 bits per heavy atom. The quantitative estimate of drug-likeness (QED) is 0.229. The maximum atomic E-state index is 13.0. The topological polar surface area (TPSA) is 64.7 Å². The molecule has 2 aromatic heterocycles. The lowest BCUT2D eigenvalue weighted by Gasteiger charge is -2.11. The van der Waals surface area contributed by atoms with Crippen LogP contribution in [-0.4, -0.2) is 31.0 Å². The fourth-order valence-corrected chi connectivity index (χ4v) is 5.62. The lowest BCUT2D eigenvalue weighted by molar-refractivity contribution is -0.113. The SMILES string of the molecule is CCn1c2ccccc2c2cc(NC(=O)CSc3nnc(-c4ccccc4)n3-c3ccc(C)cc3)ccc21. The first-order chi connectivity index (χ1) is 18.6. The molecule has 0 fully saturated rings. The van der Waals surface area contributed by atoms with E-state index in [9.17, 15) is 4.79 Å². The maximum Gasteiger partial charge on any atom is 0.234 e. The molecule has 0 saturated heterocycles. The van der Waals surface area contributed by atoms with Gasteiger partial charge in [0.05, 0.1) is 5.75 Å². The van der Waals surface area contributed by atoms with E-state index in [1.54, 1.807) is 0 Å².